The number of aromatic nitrogens is 1. The molecule has 0 N–H and O–H groups in total. The van der Waals surface area contributed by atoms with Crippen LogP contribution in [0.15, 0.2) is 16.6 Å². The van der Waals surface area contributed by atoms with Crippen molar-refractivity contribution < 1.29 is 4.79 Å². The Balaban J connectivity index is 3.26. The number of nitriles is 1. The number of rotatable bonds is 1. The molecule has 0 radical (unpaired) electrons. The summed E-state index contributed by atoms with van der Waals surface area (Å²) < 4.78 is 0.609. The molecular formula is C7H2BrClN2O. The van der Waals surface area contributed by atoms with Crippen LogP contribution < -0.4 is 0 Å². The maximum atomic E-state index is 10.6. The monoisotopic (exact) mass is 244 g/mol. The highest BCUT2D eigenvalue weighted by Crippen LogP contribution is 2.13. The van der Waals surface area contributed by atoms with E-state index in [0.29, 0.717) is 4.47 Å². The quantitative estimate of drug-likeness (QED) is 0.712. The molecular weight excluding hydrogens is 243 g/mol. The molecule has 0 aliphatic heterocycles. The lowest BCUT2D eigenvalue weighted by molar-refractivity contribution is 0.107. The molecule has 1 aromatic rings. The zero-order valence-electron chi connectivity index (χ0n) is 5.71. The van der Waals surface area contributed by atoms with Crippen molar-refractivity contribution in [1.29, 1.82) is 5.26 Å². The second-order valence-electron chi connectivity index (χ2n) is 1.94. The van der Waals surface area contributed by atoms with E-state index >= 15 is 0 Å². The Morgan fingerprint density at radius 1 is 1.67 bits per heavy atom. The number of halogens is 2. The van der Waals surface area contributed by atoms with Gasteiger partial charge in [-0.05, 0) is 23.7 Å². The van der Waals surface area contributed by atoms with Crippen LogP contribution in [0.5, 0.6) is 0 Å². The van der Waals surface area contributed by atoms with E-state index in [1.165, 1.54) is 12.1 Å². The first-order valence-corrected chi connectivity index (χ1v) is 4.08. The van der Waals surface area contributed by atoms with E-state index in [2.05, 4.69) is 20.9 Å². The van der Waals surface area contributed by atoms with Gasteiger partial charge in [0.05, 0.1) is 0 Å². The molecule has 60 valence electrons. The molecule has 1 rings (SSSR count). The predicted octanol–water partition coefficient (Wildman–Crippen LogP) is 2.09. The summed E-state index contributed by atoms with van der Waals surface area (Å²) in [6, 6.07) is 4.77. The lowest BCUT2D eigenvalue weighted by atomic mass is 10.3. The number of carbonyl (C=O) groups excluding carboxylic acids is 1. The molecule has 0 aliphatic rings. The topological polar surface area (TPSA) is 53.8 Å². The molecule has 3 nitrogen and oxygen atoms in total. The number of carbonyl (C=O) groups is 1. The van der Waals surface area contributed by atoms with Crippen molar-refractivity contribution in [1.82, 2.24) is 4.98 Å². The molecule has 1 aromatic heterocycles. The van der Waals surface area contributed by atoms with Gasteiger partial charge in [0, 0.05) is 4.47 Å². The highest BCUT2D eigenvalue weighted by atomic mass is 79.9. The molecule has 0 spiro atoms. The molecule has 0 amide bonds. The SMILES string of the molecule is N#Cc1cc(Br)cc(C(=O)Cl)n1. The molecule has 1 heterocycles. The normalized spacial score (nSPS) is 9.08. The fraction of sp³-hybridized carbons (Fsp3) is 0. The van der Waals surface area contributed by atoms with Crippen LogP contribution in [0.1, 0.15) is 16.2 Å². The van der Waals surface area contributed by atoms with Crippen LogP contribution in [0.4, 0.5) is 0 Å². The van der Waals surface area contributed by atoms with Crippen LogP contribution in [0.2, 0.25) is 0 Å². The number of hydrogen-bond donors (Lipinski definition) is 0. The minimum absolute atomic E-state index is 0.0718. The second-order valence-corrected chi connectivity index (χ2v) is 3.20. The number of pyridine rings is 1. The Kier molecular flexibility index (Phi) is 2.79. The number of nitrogens with zero attached hydrogens (tertiary/aromatic N) is 2. The zero-order chi connectivity index (χ0) is 9.14. The van der Waals surface area contributed by atoms with Crippen LogP contribution in [0.25, 0.3) is 0 Å². The van der Waals surface area contributed by atoms with Gasteiger partial charge in [0.15, 0.2) is 0 Å². The van der Waals surface area contributed by atoms with Crippen molar-refractivity contribution in [3.05, 3.63) is 28.0 Å². The van der Waals surface area contributed by atoms with Crippen molar-refractivity contribution >= 4 is 32.8 Å². The minimum atomic E-state index is -0.673. The van der Waals surface area contributed by atoms with E-state index in [-0.39, 0.29) is 11.4 Å². The second kappa shape index (κ2) is 3.65. The van der Waals surface area contributed by atoms with Crippen molar-refractivity contribution in [2.45, 2.75) is 0 Å². The first-order chi connectivity index (χ1) is 5.63. The number of hydrogen-bond acceptors (Lipinski definition) is 3. The summed E-state index contributed by atoms with van der Waals surface area (Å²) in [6.07, 6.45) is 0. The molecule has 0 unspecified atom stereocenters. The van der Waals surface area contributed by atoms with Crippen LogP contribution in [0.3, 0.4) is 0 Å². The lowest BCUT2D eigenvalue weighted by Gasteiger charge is -1.94. The minimum Gasteiger partial charge on any atom is -0.274 e. The van der Waals surface area contributed by atoms with Gasteiger partial charge in [-0.25, -0.2) is 4.98 Å². The summed E-state index contributed by atoms with van der Waals surface area (Å²) in [4.78, 5) is 14.3. The summed E-state index contributed by atoms with van der Waals surface area (Å²) in [5, 5.41) is 7.81. The van der Waals surface area contributed by atoms with Crippen molar-refractivity contribution in [2.24, 2.45) is 0 Å². The average Bonchev–Trinajstić information content (AvgIpc) is 2.03. The van der Waals surface area contributed by atoms with E-state index in [9.17, 15) is 4.79 Å². The van der Waals surface area contributed by atoms with Crippen LogP contribution in [-0.2, 0) is 0 Å². The van der Waals surface area contributed by atoms with Gasteiger partial charge in [0.25, 0.3) is 5.24 Å². The highest BCUT2D eigenvalue weighted by Gasteiger charge is 2.06. The molecule has 0 saturated heterocycles. The molecule has 0 atom stereocenters. The molecule has 0 aliphatic carbocycles. The summed E-state index contributed by atoms with van der Waals surface area (Å²) >= 11 is 8.29. The Morgan fingerprint density at radius 3 is 2.83 bits per heavy atom. The zero-order valence-corrected chi connectivity index (χ0v) is 8.06. The van der Waals surface area contributed by atoms with Crippen molar-refractivity contribution in [3.63, 3.8) is 0 Å². The van der Waals surface area contributed by atoms with E-state index < -0.39 is 5.24 Å². The van der Waals surface area contributed by atoms with Gasteiger partial charge in [-0.1, -0.05) is 15.9 Å². The molecule has 12 heavy (non-hydrogen) atoms. The fourth-order valence-corrected chi connectivity index (χ4v) is 1.19. The van der Waals surface area contributed by atoms with E-state index in [1.54, 1.807) is 0 Å². The summed E-state index contributed by atoms with van der Waals surface area (Å²) in [6.45, 7) is 0. The van der Waals surface area contributed by atoms with Crippen LogP contribution in [0, 0.1) is 11.3 Å². The highest BCUT2D eigenvalue weighted by molar-refractivity contribution is 9.10. The average molecular weight is 245 g/mol. The molecule has 0 bridgehead atoms. The van der Waals surface area contributed by atoms with Crippen molar-refractivity contribution in [2.75, 3.05) is 0 Å². The van der Waals surface area contributed by atoms with Gasteiger partial charge in [0.2, 0.25) is 0 Å². The molecule has 0 saturated carbocycles. The van der Waals surface area contributed by atoms with Gasteiger partial charge < -0.3 is 0 Å². The van der Waals surface area contributed by atoms with Crippen LogP contribution >= 0.6 is 27.5 Å². The Bertz CT molecular complexity index is 372. The maximum absolute atomic E-state index is 10.6. The summed E-state index contributed by atoms with van der Waals surface area (Å²) in [5.41, 5.74) is 0.232. The Morgan fingerprint density at radius 2 is 2.33 bits per heavy atom. The summed E-state index contributed by atoms with van der Waals surface area (Å²) in [5.74, 6) is 0. The van der Waals surface area contributed by atoms with Gasteiger partial charge in [-0.15, -0.1) is 0 Å². The van der Waals surface area contributed by atoms with Crippen molar-refractivity contribution in [3.8, 4) is 6.07 Å². The Hall–Kier alpha value is -0.920. The molecule has 0 aromatic carbocycles. The maximum Gasteiger partial charge on any atom is 0.270 e. The first-order valence-electron chi connectivity index (χ1n) is 2.91. The van der Waals surface area contributed by atoms with Crippen LogP contribution in [-0.4, -0.2) is 10.2 Å². The van der Waals surface area contributed by atoms with E-state index in [4.69, 9.17) is 16.9 Å². The fourth-order valence-electron chi connectivity index (χ4n) is 0.655. The lowest BCUT2D eigenvalue weighted by Crippen LogP contribution is -1.95. The largest absolute Gasteiger partial charge is 0.274 e. The summed E-state index contributed by atoms with van der Waals surface area (Å²) in [7, 11) is 0. The predicted molar refractivity (Wildman–Crippen MR) is 46.8 cm³/mol. The van der Waals surface area contributed by atoms with Gasteiger partial charge in [-0.2, -0.15) is 5.26 Å². The third-order valence-corrected chi connectivity index (χ3v) is 1.76. The first kappa shape index (κ1) is 9.17. The molecule has 5 heteroatoms. The van der Waals surface area contributed by atoms with E-state index in [0.717, 1.165) is 0 Å². The van der Waals surface area contributed by atoms with Gasteiger partial charge >= 0.3 is 0 Å². The third kappa shape index (κ3) is 2.03. The van der Waals surface area contributed by atoms with E-state index in [1.807, 2.05) is 6.07 Å². The molecule has 0 fully saturated rings. The standard InChI is InChI=1S/C7H2BrClN2O/c8-4-1-5(3-10)11-6(2-4)7(9)12/h1-2H. The van der Waals surface area contributed by atoms with Gasteiger partial charge in [0.1, 0.15) is 17.5 Å². The Labute approximate surface area is 82.1 Å². The van der Waals surface area contributed by atoms with Gasteiger partial charge in [-0.3, -0.25) is 4.79 Å². The third-order valence-electron chi connectivity index (χ3n) is 1.11. The smallest absolute Gasteiger partial charge is 0.270 e.